The van der Waals surface area contributed by atoms with Gasteiger partial charge >= 0.3 is 0 Å². The van der Waals surface area contributed by atoms with Crippen LogP contribution in [0, 0.1) is 12.8 Å². The van der Waals surface area contributed by atoms with E-state index >= 15 is 0 Å². The number of amides is 1. The van der Waals surface area contributed by atoms with Gasteiger partial charge in [0.2, 0.25) is 0 Å². The van der Waals surface area contributed by atoms with E-state index in [-0.39, 0.29) is 5.91 Å². The van der Waals surface area contributed by atoms with Crippen LogP contribution in [0.3, 0.4) is 0 Å². The van der Waals surface area contributed by atoms with Crippen LogP contribution in [0.15, 0.2) is 48.8 Å². The van der Waals surface area contributed by atoms with Crippen molar-refractivity contribution in [2.24, 2.45) is 5.92 Å². The first kappa shape index (κ1) is 18.2. The van der Waals surface area contributed by atoms with Gasteiger partial charge in [-0.1, -0.05) is 12.8 Å². The van der Waals surface area contributed by atoms with E-state index in [2.05, 4.69) is 26.2 Å². The van der Waals surface area contributed by atoms with Crippen LogP contribution in [0.2, 0.25) is 0 Å². The second-order valence-electron chi connectivity index (χ2n) is 7.32. The summed E-state index contributed by atoms with van der Waals surface area (Å²) >= 11 is 0. The molecule has 0 saturated heterocycles. The molecule has 7 heteroatoms. The molecule has 3 aromatic rings. The van der Waals surface area contributed by atoms with Gasteiger partial charge in [-0.15, -0.1) is 5.10 Å². The fourth-order valence-corrected chi connectivity index (χ4v) is 3.68. The number of carbonyl (C=O) groups excluding carboxylic acids is 1. The average molecular weight is 376 g/mol. The van der Waals surface area contributed by atoms with Crippen molar-refractivity contribution in [2.45, 2.75) is 32.6 Å². The zero-order chi connectivity index (χ0) is 19.3. The van der Waals surface area contributed by atoms with Crippen LogP contribution in [0.4, 0.5) is 11.4 Å². The highest BCUT2D eigenvalue weighted by Crippen LogP contribution is 2.25. The Morgan fingerprint density at radius 3 is 2.54 bits per heavy atom. The lowest BCUT2D eigenvalue weighted by Crippen LogP contribution is -2.13. The Kier molecular flexibility index (Phi) is 5.32. The van der Waals surface area contributed by atoms with Crippen molar-refractivity contribution in [3.8, 4) is 5.69 Å². The number of hydrogen-bond acceptors (Lipinski definition) is 5. The van der Waals surface area contributed by atoms with E-state index in [0.717, 1.165) is 35.1 Å². The first-order valence-electron chi connectivity index (χ1n) is 9.68. The minimum atomic E-state index is -0.141. The third kappa shape index (κ3) is 4.19. The van der Waals surface area contributed by atoms with Crippen LogP contribution in [0.5, 0.6) is 0 Å². The molecule has 2 aromatic carbocycles. The average Bonchev–Trinajstić information content (AvgIpc) is 3.41. The minimum absolute atomic E-state index is 0.141. The van der Waals surface area contributed by atoms with Gasteiger partial charge in [-0.05, 0) is 84.1 Å². The molecule has 0 radical (unpaired) electrons. The van der Waals surface area contributed by atoms with Crippen LogP contribution < -0.4 is 10.6 Å². The second-order valence-corrected chi connectivity index (χ2v) is 7.32. The van der Waals surface area contributed by atoms with Crippen molar-refractivity contribution >= 4 is 17.3 Å². The van der Waals surface area contributed by atoms with Crippen LogP contribution in [-0.4, -0.2) is 32.7 Å². The van der Waals surface area contributed by atoms with Crippen molar-refractivity contribution in [1.29, 1.82) is 0 Å². The summed E-state index contributed by atoms with van der Waals surface area (Å²) < 4.78 is 1.58. The van der Waals surface area contributed by atoms with E-state index < -0.39 is 0 Å². The molecule has 0 atom stereocenters. The zero-order valence-electron chi connectivity index (χ0n) is 15.9. The molecule has 1 heterocycles. The Morgan fingerprint density at radius 2 is 1.86 bits per heavy atom. The SMILES string of the molecule is Cc1cc(C(=O)Nc2ccc(NCC3CCCC3)cc2)ccc1-n1cnnn1. The molecule has 7 nitrogen and oxygen atoms in total. The van der Waals surface area contributed by atoms with Crippen molar-refractivity contribution in [1.82, 2.24) is 20.2 Å². The second kappa shape index (κ2) is 8.21. The molecule has 0 unspecified atom stereocenters. The predicted octanol–water partition coefficient (Wildman–Crippen LogP) is 3.83. The van der Waals surface area contributed by atoms with Gasteiger partial charge in [0, 0.05) is 23.5 Å². The van der Waals surface area contributed by atoms with E-state index in [4.69, 9.17) is 0 Å². The molecule has 1 fully saturated rings. The molecule has 1 saturated carbocycles. The molecule has 1 aliphatic carbocycles. The van der Waals surface area contributed by atoms with Gasteiger partial charge < -0.3 is 10.6 Å². The summed E-state index contributed by atoms with van der Waals surface area (Å²) in [5, 5.41) is 17.6. The molecule has 0 aliphatic heterocycles. The summed E-state index contributed by atoms with van der Waals surface area (Å²) in [5.74, 6) is 0.650. The third-order valence-corrected chi connectivity index (χ3v) is 5.27. The van der Waals surface area contributed by atoms with Crippen LogP contribution in [-0.2, 0) is 0 Å². The van der Waals surface area contributed by atoms with Crippen molar-refractivity contribution < 1.29 is 4.79 Å². The maximum Gasteiger partial charge on any atom is 0.255 e. The quantitative estimate of drug-likeness (QED) is 0.683. The standard InChI is InChI=1S/C21H24N6O/c1-15-12-17(6-11-20(15)27-14-23-25-26-27)21(28)24-19-9-7-18(8-10-19)22-13-16-4-2-3-5-16/h6-12,14,16,22H,2-5,13H2,1H3,(H,24,28). The Bertz CT molecular complexity index is 930. The number of aromatic nitrogens is 4. The Hall–Kier alpha value is -3.22. The summed E-state index contributed by atoms with van der Waals surface area (Å²) in [4.78, 5) is 12.6. The number of aryl methyl sites for hydroxylation is 1. The first-order chi connectivity index (χ1) is 13.7. The lowest BCUT2D eigenvalue weighted by Gasteiger charge is -2.13. The van der Waals surface area contributed by atoms with Crippen LogP contribution in [0.25, 0.3) is 5.69 Å². The fourth-order valence-electron chi connectivity index (χ4n) is 3.68. The third-order valence-electron chi connectivity index (χ3n) is 5.27. The Morgan fingerprint density at radius 1 is 1.11 bits per heavy atom. The van der Waals surface area contributed by atoms with Gasteiger partial charge in [-0.2, -0.15) is 0 Å². The molecule has 144 valence electrons. The van der Waals surface area contributed by atoms with Gasteiger partial charge in [0.05, 0.1) is 5.69 Å². The van der Waals surface area contributed by atoms with Gasteiger partial charge in [-0.25, -0.2) is 4.68 Å². The first-order valence-corrected chi connectivity index (χ1v) is 9.68. The number of nitrogens with zero attached hydrogens (tertiary/aromatic N) is 4. The molecule has 2 N–H and O–H groups in total. The number of benzene rings is 2. The van der Waals surface area contributed by atoms with E-state index in [1.165, 1.54) is 32.0 Å². The fraction of sp³-hybridized carbons (Fsp3) is 0.333. The molecule has 4 rings (SSSR count). The molecule has 0 spiro atoms. The molecule has 0 bridgehead atoms. The van der Waals surface area contributed by atoms with E-state index in [1.807, 2.05) is 43.3 Å². The predicted molar refractivity (Wildman–Crippen MR) is 109 cm³/mol. The van der Waals surface area contributed by atoms with Crippen molar-refractivity contribution in [3.63, 3.8) is 0 Å². The smallest absolute Gasteiger partial charge is 0.255 e. The zero-order valence-corrected chi connectivity index (χ0v) is 15.9. The maximum atomic E-state index is 12.6. The summed E-state index contributed by atoms with van der Waals surface area (Å²) in [6.45, 7) is 2.96. The van der Waals surface area contributed by atoms with Gasteiger partial charge in [0.25, 0.3) is 5.91 Å². The number of carbonyl (C=O) groups is 1. The summed E-state index contributed by atoms with van der Waals surface area (Å²) in [6.07, 6.45) is 6.89. The summed E-state index contributed by atoms with van der Waals surface area (Å²) in [5.41, 5.74) is 4.23. The van der Waals surface area contributed by atoms with Gasteiger partial charge in [-0.3, -0.25) is 4.79 Å². The number of nitrogens with one attached hydrogen (secondary N) is 2. The Balaban J connectivity index is 1.37. The largest absolute Gasteiger partial charge is 0.385 e. The van der Waals surface area contributed by atoms with Crippen molar-refractivity contribution in [2.75, 3.05) is 17.2 Å². The number of anilines is 2. The molecular weight excluding hydrogens is 352 g/mol. The molecule has 28 heavy (non-hydrogen) atoms. The molecule has 1 aliphatic rings. The highest BCUT2D eigenvalue weighted by molar-refractivity contribution is 6.04. The topological polar surface area (TPSA) is 84.7 Å². The van der Waals surface area contributed by atoms with Crippen LogP contribution >= 0.6 is 0 Å². The number of tetrazole rings is 1. The summed E-state index contributed by atoms with van der Waals surface area (Å²) in [6, 6.07) is 13.3. The van der Waals surface area contributed by atoms with E-state index in [0.29, 0.717) is 5.56 Å². The molecule has 1 aromatic heterocycles. The normalized spacial score (nSPS) is 14.2. The molecule has 1 amide bonds. The highest BCUT2D eigenvalue weighted by Gasteiger charge is 2.14. The number of rotatable bonds is 6. The number of hydrogen-bond donors (Lipinski definition) is 2. The lowest BCUT2D eigenvalue weighted by molar-refractivity contribution is 0.102. The summed E-state index contributed by atoms with van der Waals surface area (Å²) in [7, 11) is 0. The minimum Gasteiger partial charge on any atom is -0.385 e. The molecular formula is C21H24N6O. The van der Waals surface area contributed by atoms with Gasteiger partial charge in [0.1, 0.15) is 6.33 Å². The monoisotopic (exact) mass is 376 g/mol. The van der Waals surface area contributed by atoms with E-state index in [9.17, 15) is 4.79 Å². The van der Waals surface area contributed by atoms with Gasteiger partial charge in [0.15, 0.2) is 0 Å². The maximum absolute atomic E-state index is 12.6. The van der Waals surface area contributed by atoms with E-state index in [1.54, 1.807) is 10.7 Å². The lowest BCUT2D eigenvalue weighted by atomic mass is 10.1. The Labute approximate surface area is 164 Å². The van der Waals surface area contributed by atoms with Crippen LogP contribution in [0.1, 0.15) is 41.6 Å². The van der Waals surface area contributed by atoms with Crippen molar-refractivity contribution in [3.05, 3.63) is 59.9 Å². The highest BCUT2D eigenvalue weighted by atomic mass is 16.1.